The molecule has 0 bridgehead atoms. The molecule has 1 N–H and O–H groups in total. The smallest absolute Gasteiger partial charge is 0.0542 e. The van der Waals surface area contributed by atoms with E-state index in [4.69, 9.17) is 0 Å². The molecule has 0 aromatic heterocycles. The van der Waals surface area contributed by atoms with Gasteiger partial charge in [0.25, 0.3) is 0 Å². The molecule has 0 aliphatic rings. The van der Waals surface area contributed by atoms with Gasteiger partial charge >= 0.3 is 0 Å². The average molecular weight is 170 g/mol. The highest BCUT2D eigenvalue weighted by Crippen LogP contribution is 2.12. The van der Waals surface area contributed by atoms with Crippen molar-refractivity contribution in [1.82, 2.24) is 0 Å². The minimum Gasteiger partial charge on any atom is -0.393 e. The van der Waals surface area contributed by atoms with Gasteiger partial charge in [-0.2, -0.15) is 0 Å². The van der Waals surface area contributed by atoms with Crippen LogP contribution < -0.4 is 0 Å². The highest BCUT2D eigenvalue weighted by molar-refractivity contribution is 4.87. The SMILES string of the molecule is C=C(C)CCCC(O)CC(C)C. The molecule has 1 heteroatoms. The fourth-order valence-electron chi connectivity index (χ4n) is 1.30. The molecule has 0 aromatic carbocycles. The minimum absolute atomic E-state index is 0.107. The van der Waals surface area contributed by atoms with Gasteiger partial charge in [-0.15, -0.1) is 6.58 Å². The Hall–Kier alpha value is -0.300. The molecule has 1 unspecified atom stereocenters. The number of allylic oxidation sites excluding steroid dienone is 1. The summed E-state index contributed by atoms with van der Waals surface area (Å²) in [4.78, 5) is 0. The summed E-state index contributed by atoms with van der Waals surface area (Å²) in [6.45, 7) is 10.1. The van der Waals surface area contributed by atoms with Crippen molar-refractivity contribution >= 4 is 0 Å². The van der Waals surface area contributed by atoms with Crippen molar-refractivity contribution in [3.05, 3.63) is 12.2 Å². The maximum atomic E-state index is 9.50. The molecule has 0 aliphatic heterocycles. The van der Waals surface area contributed by atoms with Crippen LogP contribution in [0.1, 0.15) is 46.5 Å². The topological polar surface area (TPSA) is 20.2 Å². The Bertz CT molecular complexity index is 127. The molecule has 0 saturated carbocycles. The van der Waals surface area contributed by atoms with Gasteiger partial charge in [0.1, 0.15) is 0 Å². The minimum atomic E-state index is -0.107. The van der Waals surface area contributed by atoms with E-state index in [1.165, 1.54) is 5.57 Å². The van der Waals surface area contributed by atoms with E-state index in [1.54, 1.807) is 0 Å². The molecule has 0 heterocycles. The van der Waals surface area contributed by atoms with Crippen molar-refractivity contribution in [2.45, 2.75) is 52.6 Å². The van der Waals surface area contributed by atoms with Gasteiger partial charge in [-0.05, 0) is 38.5 Å². The van der Waals surface area contributed by atoms with Gasteiger partial charge in [0.15, 0.2) is 0 Å². The third kappa shape index (κ3) is 7.80. The highest BCUT2D eigenvalue weighted by Gasteiger charge is 2.05. The molecule has 0 fully saturated rings. The van der Waals surface area contributed by atoms with Gasteiger partial charge in [-0.1, -0.05) is 19.4 Å². The molecule has 1 nitrogen and oxygen atoms in total. The van der Waals surface area contributed by atoms with Gasteiger partial charge in [0.05, 0.1) is 6.10 Å². The number of aliphatic hydroxyl groups is 1. The fourth-order valence-corrected chi connectivity index (χ4v) is 1.30. The Balaban J connectivity index is 3.31. The largest absolute Gasteiger partial charge is 0.393 e. The second-order valence-electron chi connectivity index (χ2n) is 4.13. The second kappa shape index (κ2) is 6.24. The van der Waals surface area contributed by atoms with E-state index in [1.807, 2.05) is 6.92 Å². The quantitative estimate of drug-likeness (QED) is 0.607. The maximum Gasteiger partial charge on any atom is 0.0542 e. The summed E-state index contributed by atoms with van der Waals surface area (Å²) in [5, 5.41) is 9.50. The predicted octanol–water partition coefficient (Wildman–Crippen LogP) is 3.14. The standard InChI is InChI=1S/C11H22O/c1-9(2)6-5-7-11(12)8-10(3)4/h10-12H,1,5-8H2,2-4H3. The Morgan fingerprint density at radius 1 is 1.42 bits per heavy atom. The molecule has 72 valence electrons. The van der Waals surface area contributed by atoms with Crippen LogP contribution in [0.3, 0.4) is 0 Å². The first-order valence-corrected chi connectivity index (χ1v) is 4.84. The zero-order valence-electron chi connectivity index (χ0n) is 8.64. The maximum absolute atomic E-state index is 9.50. The van der Waals surface area contributed by atoms with Crippen molar-refractivity contribution in [3.8, 4) is 0 Å². The second-order valence-corrected chi connectivity index (χ2v) is 4.13. The van der Waals surface area contributed by atoms with Crippen LogP contribution in [0.25, 0.3) is 0 Å². The highest BCUT2D eigenvalue weighted by atomic mass is 16.3. The van der Waals surface area contributed by atoms with Gasteiger partial charge < -0.3 is 5.11 Å². The summed E-state index contributed by atoms with van der Waals surface area (Å²) in [6.07, 6.45) is 3.86. The van der Waals surface area contributed by atoms with Crippen LogP contribution in [0.2, 0.25) is 0 Å². The predicted molar refractivity (Wildman–Crippen MR) is 54.1 cm³/mol. The molecule has 0 aliphatic carbocycles. The van der Waals surface area contributed by atoms with Crippen LogP contribution >= 0.6 is 0 Å². The molecule has 0 rings (SSSR count). The van der Waals surface area contributed by atoms with E-state index in [-0.39, 0.29) is 6.10 Å². The van der Waals surface area contributed by atoms with Crippen molar-refractivity contribution in [2.24, 2.45) is 5.92 Å². The summed E-state index contributed by atoms with van der Waals surface area (Å²) in [5.41, 5.74) is 1.21. The Labute approximate surface area is 76.5 Å². The number of hydrogen-bond donors (Lipinski definition) is 1. The first-order chi connectivity index (χ1) is 5.52. The lowest BCUT2D eigenvalue weighted by molar-refractivity contribution is 0.137. The van der Waals surface area contributed by atoms with Crippen LogP contribution in [0.4, 0.5) is 0 Å². The third-order valence-corrected chi connectivity index (χ3v) is 1.88. The van der Waals surface area contributed by atoms with E-state index in [2.05, 4.69) is 20.4 Å². The van der Waals surface area contributed by atoms with Crippen molar-refractivity contribution in [2.75, 3.05) is 0 Å². The molecule has 0 aromatic rings. The Morgan fingerprint density at radius 3 is 2.42 bits per heavy atom. The Morgan fingerprint density at radius 2 is 2.00 bits per heavy atom. The molecule has 12 heavy (non-hydrogen) atoms. The summed E-state index contributed by atoms with van der Waals surface area (Å²) in [5.74, 6) is 0.602. The van der Waals surface area contributed by atoms with Crippen LogP contribution in [0.5, 0.6) is 0 Å². The number of hydrogen-bond acceptors (Lipinski definition) is 1. The van der Waals surface area contributed by atoms with E-state index in [0.29, 0.717) is 5.92 Å². The Kier molecular flexibility index (Phi) is 6.09. The van der Waals surface area contributed by atoms with Crippen molar-refractivity contribution < 1.29 is 5.11 Å². The summed E-state index contributed by atoms with van der Waals surface area (Å²) >= 11 is 0. The number of rotatable bonds is 6. The lowest BCUT2D eigenvalue weighted by Crippen LogP contribution is -2.09. The van der Waals surface area contributed by atoms with Crippen LogP contribution in [-0.2, 0) is 0 Å². The van der Waals surface area contributed by atoms with Crippen LogP contribution in [-0.4, -0.2) is 11.2 Å². The average Bonchev–Trinajstić information content (AvgIpc) is 1.84. The first-order valence-electron chi connectivity index (χ1n) is 4.84. The normalized spacial score (nSPS) is 13.4. The summed E-state index contributed by atoms with van der Waals surface area (Å²) < 4.78 is 0. The molecular weight excluding hydrogens is 148 g/mol. The lowest BCUT2D eigenvalue weighted by Gasteiger charge is -2.12. The molecule has 0 saturated heterocycles. The summed E-state index contributed by atoms with van der Waals surface area (Å²) in [6, 6.07) is 0. The zero-order chi connectivity index (χ0) is 9.56. The van der Waals surface area contributed by atoms with Crippen LogP contribution in [0.15, 0.2) is 12.2 Å². The van der Waals surface area contributed by atoms with E-state index in [0.717, 1.165) is 25.7 Å². The third-order valence-electron chi connectivity index (χ3n) is 1.88. The van der Waals surface area contributed by atoms with E-state index < -0.39 is 0 Å². The molecule has 0 radical (unpaired) electrons. The molecule has 1 atom stereocenters. The van der Waals surface area contributed by atoms with Crippen LogP contribution in [0, 0.1) is 5.92 Å². The van der Waals surface area contributed by atoms with Gasteiger partial charge in [-0.3, -0.25) is 0 Å². The van der Waals surface area contributed by atoms with Crippen molar-refractivity contribution in [3.63, 3.8) is 0 Å². The van der Waals surface area contributed by atoms with Gasteiger partial charge in [-0.25, -0.2) is 0 Å². The van der Waals surface area contributed by atoms with Gasteiger partial charge in [0.2, 0.25) is 0 Å². The molecule has 0 spiro atoms. The number of aliphatic hydroxyl groups excluding tert-OH is 1. The fraction of sp³-hybridized carbons (Fsp3) is 0.818. The summed E-state index contributed by atoms with van der Waals surface area (Å²) in [7, 11) is 0. The van der Waals surface area contributed by atoms with Crippen molar-refractivity contribution in [1.29, 1.82) is 0 Å². The van der Waals surface area contributed by atoms with Gasteiger partial charge in [0, 0.05) is 0 Å². The monoisotopic (exact) mass is 170 g/mol. The zero-order valence-corrected chi connectivity index (χ0v) is 8.64. The lowest BCUT2D eigenvalue weighted by atomic mass is 10.0. The van der Waals surface area contributed by atoms with E-state index >= 15 is 0 Å². The first kappa shape index (κ1) is 11.7. The van der Waals surface area contributed by atoms with E-state index in [9.17, 15) is 5.11 Å². The molecular formula is C11H22O. The molecule has 0 amide bonds.